The van der Waals surface area contributed by atoms with Crippen LogP contribution in [-0.4, -0.2) is 45.0 Å². The highest BCUT2D eigenvalue weighted by atomic mass is 16.6. The fourth-order valence-corrected chi connectivity index (χ4v) is 2.05. The first kappa shape index (κ1) is 13.2. The molecule has 1 aliphatic rings. The molecule has 1 unspecified atom stereocenters. The van der Waals surface area contributed by atoms with Crippen molar-refractivity contribution in [2.75, 3.05) is 13.1 Å². The van der Waals surface area contributed by atoms with Crippen LogP contribution in [0.1, 0.15) is 23.2 Å². The summed E-state index contributed by atoms with van der Waals surface area (Å²) in [5, 5.41) is 20.1. The van der Waals surface area contributed by atoms with Gasteiger partial charge in [-0.1, -0.05) is 0 Å². The molecule has 1 aromatic heterocycles. The largest absolute Gasteiger partial charge is 0.391 e. The minimum absolute atomic E-state index is 0.140. The third-order valence-electron chi connectivity index (χ3n) is 3.01. The van der Waals surface area contributed by atoms with Gasteiger partial charge in [-0.15, -0.1) is 0 Å². The first-order valence-corrected chi connectivity index (χ1v) is 5.83. The lowest BCUT2D eigenvalue weighted by atomic mass is 10.1. The van der Waals surface area contributed by atoms with E-state index in [1.165, 1.54) is 4.90 Å². The number of aromatic nitrogens is 1. The van der Waals surface area contributed by atoms with E-state index in [0.717, 1.165) is 12.3 Å². The van der Waals surface area contributed by atoms with Gasteiger partial charge in [0, 0.05) is 19.2 Å². The van der Waals surface area contributed by atoms with Gasteiger partial charge in [-0.3, -0.25) is 19.7 Å². The molecular formula is C11H13N3O5. The van der Waals surface area contributed by atoms with E-state index in [2.05, 4.69) is 4.98 Å². The van der Waals surface area contributed by atoms with E-state index in [1.807, 2.05) is 0 Å². The number of aliphatic hydroxyl groups is 1. The first-order valence-electron chi connectivity index (χ1n) is 5.83. The highest BCUT2D eigenvalue weighted by Gasteiger charge is 2.26. The Hall–Kier alpha value is -2.22. The summed E-state index contributed by atoms with van der Waals surface area (Å²) in [7, 11) is 0. The van der Waals surface area contributed by atoms with Gasteiger partial charge in [0.1, 0.15) is 5.56 Å². The van der Waals surface area contributed by atoms with Crippen LogP contribution in [-0.2, 0) is 0 Å². The van der Waals surface area contributed by atoms with E-state index in [4.69, 9.17) is 0 Å². The third kappa shape index (κ3) is 2.79. The van der Waals surface area contributed by atoms with Crippen LogP contribution in [0, 0.1) is 10.1 Å². The van der Waals surface area contributed by atoms with Crippen molar-refractivity contribution in [3.05, 3.63) is 38.3 Å². The molecule has 1 fully saturated rings. The van der Waals surface area contributed by atoms with Gasteiger partial charge in [0.05, 0.1) is 17.2 Å². The Morgan fingerprint density at radius 3 is 2.95 bits per heavy atom. The summed E-state index contributed by atoms with van der Waals surface area (Å²) in [6.07, 6.45) is 1.58. The number of carbonyl (C=O) groups is 1. The zero-order valence-electron chi connectivity index (χ0n) is 10.0. The molecule has 1 aromatic rings. The fourth-order valence-electron chi connectivity index (χ4n) is 2.05. The molecular weight excluding hydrogens is 254 g/mol. The molecule has 2 heterocycles. The van der Waals surface area contributed by atoms with Gasteiger partial charge in [-0.2, -0.15) is 0 Å². The quantitative estimate of drug-likeness (QED) is 0.572. The van der Waals surface area contributed by atoms with Crippen LogP contribution in [0.25, 0.3) is 0 Å². The van der Waals surface area contributed by atoms with Gasteiger partial charge in [0.2, 0.25) is 0 Å². The predicted molar refractivity (Wildman–Crippen MR) is 64.9 cm³/mol. The van der Waals surface area contributed by atoms with Crippen LogP contribution >= 0.6 is 0 Å². The van der Waals surface area contributed by atoms with Crippen molar-refractivity contribution in [3.63, 3.8) is 0 Å². The van der Waals surface area contributed by atoms with Gasteiger partial charge in [0.25, 0.3) is 17.2 Å². The number of nitrogens with zero attached hydrogens (tertiary/aromatic N) is 2. The Morgan fingerprint density at radius 1 is 1.58 bits per heavy atom. The number of amides is 1. The van der Waals surface area contributed by atoms with Crippen LogP contribution < -0.4 is 5.56 Å². The van der Waals surface area contributed by atoms with Crippen LogP contribution in [0.2, 0.25) is 0 Å². The molecule has 1 saturated heterocycles. The van der Waals surface area contributed by atoms with Crippen molar-refractivity contribution in [3.8, 4) is 0 Å². The van der Waals surface area contributed by atoms with Crippen LogP contribution in [0.15, 0.2) is 17.1 Å². The Bertz CT molecular complexity index is 568. The molecule has 0 spiro atoms. The summed E-state index contributed by atoms with van der Waals surface area (Å²) in [4.78, 5) is 37.1. The Kier molecular flexibility index (Phi) is 3.61. The predicted octanol–water partition coefficient (Wildman–Crippen LogP) is -0.120. The molecule has 8 nitrogen and oxygen atoms in total. The molecule has 2 N–H and O–H groups in total. The van der Waals surface area contributed by atoms with E-state index in [1.54, 1.807) is 0 Å². The maximum Gasteiger partial charge on any atom is 0.286 e. The van der Waals surface area contributed by atoms with Gasteiger partial charge in [-0.05, 0) is 12.8 Å². The molecule has 19 heavy (non-hydrogen) atoms. The highest BCUT2D eigenvalue weighted by Crippen LogP contribution is 2.14. The lowest BCUT2D eigenvalue weighted by Crippen LogP contribution is -2.43. The van der Waals surface area contributed by atoms with Crippen molar-refractivity contribution in [1.82, 2.24) is 9.88 Å². The smallest absolute Gasteiger partial charge is 0.286 e. The number of β-amino-alcohol motifs (C(OH)–C–C–N with tert-alkyl or cyclic N) is 1. The molecule has 0 aliphatic carbocycles. The molecule has 0 bridgehead atoms. The lowest BCUT2D eigenvalue weighted by molar-refractivity contribution is -0.385. The topological polar surface area (TPSA) is 117 Å². The van der Waals surface area contributed by atoms with Crippen molar-refractivity contribution >= 4 is 11.6 Å². The number of hydrogen-bond donors (Lipinski definition) is 2. The summed E-state index contributed by atoms with van der Waals surface area (Å²) in [6.45, 7) is 0.568. The van der Waals surface area contributed by atoms with Gasteiger partial charge in [0.15, 0.2) is 0 Å². The number of aromatic amines is 1. The number of nitrogens with one attached hydrogen (secondary N) is 1. The van der Waals surface area contributed by atoms with E-state index >= 15 is 0 Å². The number of H-pyrrole nitrogens is 1. The summed E-state index contributed by atoms with van der Waals surface area (Å²) in [5.41, 5.74) is -1.29. The van der Waals surface area contributed by atoms with Crippen LogP contribution in [0.3, 0.4) is 0 Å². The van der Waals surface area contributed by atoms with Crippen LogP contribution in [0.4, 0.5) is 5.69 Å². The first-order chi connectivity index (χ1) is 8.99. The van der Waals surface area contributed by atoms with Gasteiger partial charge >= 0.3 is 0 Å². The molecule has 102 valence electrons. The fraction of sp³-hybridized carbons (Fsp3) is 0.455. The number of nitro groups is 1. The van der Waals surface area contributed by atoms with Crippen LogP contribution in [0.5, 0.6) is 0 Å². The maximum absolute atomic E-state index is 12.1. The molecule has 0 saturated carbocycles. The Balaban J connectivity index is 2.30. The van der Waals surface area contributed by atoms with Crippen molar-refractivity contribution in [1.29, 1.82) is 0 Å². The van der Waals surface area contributed by atoms with Crippen molar-refractivity contribution < 1.29 is 14.8 Å². The van der Waals surface area contributed by atoms with Gasteiger partial charge < -0.3 is 15.0 Å². The second-order valence-corrected chi connectivity index (χ2v) is 4.41. The van der Waals surface area contributed by atoms with E-state index < -0.39 is 22.5 Å². The minimum atomic E-state index is -0.683. The summed E-state index contributed by atoms with van der Waals surface area (Å²) >= 11 is 0. The lowest BCUT2D eigenvalue weighted by Gasteiger charge is -2.29. The SMILES string of the molecule is O=C(c1cc([N+](=O)[O-])c[nH]c1=O)N1CCCC(O)C1. The molecule has 0 aromatic carbocycles. The number of piperidine rings is 1. The van der Waals surface area contributed by atoms with E-state index in [0.29, 0.717) is 19.4 Å². The van der Waals surface area contributed by atoms with Gasteiger partial charge in [-0.25, -0.2) is 0 Å². The molecule has 1 amide bonds. The number of aliphatic hydroxyl groups excluding tert-OH is 1. The molecule has 1 aliphatic heterocycles. The molecule has 1 atom stereocenters. The van der Waals surface area contributed by atoms with Crippen molar-refractivity contribution in [2.45, 2.75) is 18.9 Å². The van der Waals surface area contributed by atoms with E-state index in [-0.39, 0.29) is 17.8 Å². The average molecular weight is 267 g/mol. The second-order valence-electron chi connectivity index (χ2n) is 4.41. The van der Waals surface area contributed by atoms with Crippen molar-refractivity contribution in [2.24, 2.45) is 0 Å². The molecule has 8 heteroatoms. The average Bonchev–Trinajstić information content (AvgIpc) is 2.38. The zero-order valence-corrected chi connectivity index (χ0v) is 10.0. The normalized spacial score (nSPS) is 19.2. The third-order valence-corrected chi connectivity index (χ3v) is 3.01. The Labute approximate surface area is 107 Å². The number of rotatable bonds is 2. The number of pyridine rings is 1. The van der Waals surface area contributed by atoms with E-state index in [9.17, 15) is 24.8 Å². The minimum Gasteiger partial charge on any atom is -0.391 e. The summed E-state index contributed by atoms with van der Waals surface area (Å²) in [5.74, 6) is -0.594. The molecule has 2 rings (SSSR count). The standard InChI is InChI=1S/C11H13N3O5/c15-8-2-1-3-13(6-8)11(17)9-4-7(14(18)19)5-12-10(9)16/h4-5,8,15H,1-3,6H2,(H,12,16). The second kappa shape index (κ2) is 5.19. The maximum atomic E-state index is 12.1. The number of likely N-dealkylation sites (tertiary alicyclic amines) is 1. The number of hydrogen-bond acceptors (Lipinski definition) is 5. The monoisotopic (exact) mass is 267 g/mol. The Morgan fingerprint density at radius 2 is 2.32 bits per heavy atom. The number of carbonyl (C=O) groups excluding carboxylic acids is 1. The molecule has 0 radical (unpaired) electrons. The zero-order chi connectivity index (χ0) is 14.0. The highest BCUT2D eigenvalue weighted by molar-refractivity contribution is 5.94. The summed E-state index contributed by atoms with van der Waals surface area (Å²) < 4.78 is 0. The summed E-state index contributed by atoms with van der Waals surface area (Å²) in [6, 6.07) is 0.960.